The van der Waals surface area contributed by atoms with E-state index >= 15 is 0 Å². The number of carbonyl (C=O) groups is 2. The van der Waals surface area contributed by atoms with Crippen molar-refractivity contribution in [1.29, 1.82) is 0 Å². The van der Waals surface area contributed by atoms with Crippen LogP contribution in [-0.4, -0.2) is 74.1 Å². The Labute approximate surface area is 217 Å². The largest absolute Gasteiger partial charge is 0.507 e. The van der Waals surface area contributed by atoms with E-state index in [1.165, 1.54) is 32.3 Å². The second-order valence-electron chi connectivity index (χ2n) is 8.33. The van der Waals surface area contributed by atoms with Gasteiger partial charge in [0.1, 0.15) is 23.0 Å². The van der Waals surface area contributed by atoms with Crippen LogP contribution in [0.2, 0.25) is 5.02 Å². The first-order valence-electron chi connectivity index (χ1n) is 11.9. The highest BCUT2D eigenvalue weighted by Gasteiger charge is 2.47. The molecule has 194 valence electrons. The summed E-state index contributed by atoms with van der Waals surface area (Å²) in [6.07, 6.45) is 0.659. The number of likely N-dealkylation sites (tertiary alicyclic amines) is 1. The van der Waals surface area contributed by atoms with Gasteiger partial charge in [-0.15, -0.1) is 0 Å². The maximum Gasteiger partial charge on any atom is 0.295 e. The number of Topliss-reactive ketones (excluding diaryl/α,β-unsaturated/α-hetero) is 1. The second kappa shape index (κ2) is 12.1. The molecule has 3 rings (SSSR count). The number of carbonyl (C=O) groups excluding carboxylic acids is 2. The lowest BCUT2D eigenvalue weighted by Crippen LogP contribution is -2.33. The summed E-state index contributed by atoms with van der Waals surface area (Å²) in [7, 11) is 4.53. The summed E-state index contributed by atoms with van der Waals surface area (Å²) in [5.41, 5.74) is 0.810. The molecule has 0 spiro atoms. The molecule has 1 aliphatic rings. The summed E-state index contributed by atoms with van der Waals surface area (Å²) in [5, 5.41) is 11.6. The lowest BCUT2D eigenvalue weighted by Gasteiger charge is -2.28. The van der Waals surface area contributed by atoms with Crippen LogP contribution < -0.4 is 14.2 Å². The molecule has 2 aromatic rings. The van der Waals surface area contributed by atoms with Crippen LogP contribution in [0.3, 0.4) is 0 Å². The SMILES string of the molecule is CCN(CC)CCCN1C(=O)C(=O)/C(=C(/O)c2ccc(OC)c(Cl)c2)[C@@H]1c1cc(OC)ccc1OC. The predicted octanol–water partition coefficient (Wildman–Crippen LogP) is 4.52. The summed E-state index contributed by atoms with van der Waals surface area (Å²) in [6, 6.07) is 9.00. The number of halogens is 1. The highest BCUT2D eigenvalue weighted by atomic mass is 35.5. The minimum absolute atomic E-state index is 0.0318. The van der Waals surface area contributed by atoms with Crippen LogP contribution >= 0.6 is 11.6 Å². The van der Waals surface area contributed by atoms with Crippen LogP contribution in [0.1, 0.15) is 37.4 Å². The Kier molecular flexibility index (Phi) is 9.23. The first kappa shape index (κ1) is 27.4. The van der Waals surface area contributed by atoms with Crippen LogP contribution in [0.15, 0.2) is 42.0 Å². The van der Waals surface area contributed by atoms with Crippen molar-refractivity contribution < 1.29 is 28.9 Å². The molecule has 1 saturated heterocycles. The molecule has 0 unspecified atom stereocenters. The van der Waals surface area contributed by atoms with Crippen molar-refractivity contribution in [2.45, 2.75) is 26.3 Å². The maximum atomic E-state index is 13.3. The van der Waals surface area contributed by atoms with Gasteiger partial charge in [-0.25, -0.2) is 0 Å². The van der Waals surface area contributed by atoms with Crippen molar-refractivity contribution >= 4 is 29.1 Å². The number of rotatable bonds is 11. The van der Waals surface area contributed by atoms with E-state index in [9.17, 15) is 14.7 Å². The molecule has 1 atom stereocenters. The van der Waals surface area contributed by atoms with Crippen molar-refractivity contribution in [1.82, 2.24) is 9.80 Å². The number of ether oxygens (including phenoxy) is 3. The van der Waals surface area contributed by atoms with Gasteiger partial charge in [0.25, 0.3) is 11.7 Å². The number of nitrogens with zero attached hydrogens (tertiary/aromatic N) is 2. The van der Waals surface area contributed by atoms with Gasteiger partial charge in [-0.3, -0.25) is 9.59 Å². The lowest BCUT2D eigenvalue weighted by molar-refractivity contribution is -0.140. The molecule has 0 bridgehead atoms. The number of hydrogen-bond acceptors (Lipinski definition) is 7. The van der Waals surface area contributed by atoms with Crippen molar-refractivity contribution in [2.24, 2.45) is 0 Å². The number of benzene rings is 2. The zero-order valence-corrected chi connectivity index (χ0v) is 22.1. The van der Waals surface area contributed by atoms with Crippen LogP contribution in [0.5, 0.6) is 17.2 Å². The fourth-order valence-corrected chi connectivity index (χ4v) is 4.72. The monoisotopic (exact) mass is 516 g/mol. The Morgan fingerprint density at radius 1 is 1.00 bits per heavy atom. The minimum atomic E-state index is -0.868. The third kappa shape index (κ3) is 5.44. The van der Waals surface area contributed by atoms with E-state index in [1.807, 2.05) is 0 Å². The number of aliphatic hydroxyl groups excluding tert-OH is 1. The van der Waals surface area contributed by atoms with Gasteiger partial charge in [0, 0.05) is 17.7 Å². The van der Waals surface area contributed by atoms with E-state index in [0.29, 0.717) is 41.3 Å². The van der Waals surface area contributed by atoms with Gasteiger partial charge in [-0.05, 0) is 62.5 Å². The zero-order chi connectivity index (χ0) is 26.4. The van der Waals surface area contributed by atoms with Gasteiger partial charge >= 0.3 is 0 Å². The molecule has 0 saturated carbocycles. The molecule has 0 aliphatic carbocycles. The van der Waals surface area contributed by atoms with Crippen molar-refractivity contribution in [2.75, 3.05) is 47.5 Å². The molecular weight excluding hydrogens is 484 g/mol. The van der Waals surface area contributed by atoms with Crippen LogP contribution in [0.25, 0.3) is 5.76 Å². The normalized spacial score (nSPS) is 17.1. The van der Waals surface area contributed by atoms with Gasteiger partial charge in [0.05, 0.1) is 38.0 Å². The number of hydrogen-bond donors (Lipinski definition) is 1. The summed E-state index contributed by atoms with van der Waals surface area (Å²) in [4.78, 5) is 30.4. The number of ketones is 1. The molecule has 2 aromatic carbocycles. The smallest absolute Gasteiger partial charge is 0.295 e. The third-order valence-electron chi connectivity index (χ3n) is 6.46. The van der Waals surface area contributed by atoms with Crippen molar-refractivity contribution in [3.63, 3.8) is 0 Å². The van der Waals surface area contributed by atoms with E-state index in [-0.39, 0.29) is 16.4 Å². The van der Waals surface area contributed by atoms with Gasteiger partial charge < -0.3 is 29.1 Å². The van der Waals surface area contributed by atoms with E-state index < -0.39 is 17.7 Å². The first-order chi connectivity index (χ1) is 17.3. The second-order valence-corrected chi connectivity index (χ2v) is 8.74. The standard InChI is InChI=1S/C27H33ClN2O6/c1-6-29(7-2)13-8-14-30-24(19-16-18(34-3)10-12-21(19)35-4)23(26(32)27(30)33)25(31)17-9-11-22(36-5)20(28)15-17/h9-12,15-16,24,31H,6-8,13-14H2,1-5H3/b25-23+/t24-/m0/s1. The summed E-state index contributed by atoms with van der Waals surface area (Å²) in [6.45, 7) is 7.04. The predicted molar refractivity (Wildman–Crippen MR) is 139 cm³/mol. The fraction of sp³-hybridized carbons (Fsp3) is 0.407. The topological polar surface area (TPSA) is 88.5 Å². The molecule has 8 nitrogen and oxygen atoms in total. The molecule has 1 fully saturated rings. The van der Waals surface area contributed by atoms with E-state index in [1.54, 1.807) is 30.3 Å². The van der Waals surface area contributed by atoms with Gasteiger partial charge in [-0.1, -0.05) is 25.4 Å². The molecule has 1 heterocycles. The van der Waals surface area contributed by atoms with E-state index in [0.717, 1.165) is 19.6 Å². The van der Waals surface area contributed by atoms with Gasteiger partial charge in [-0.2, -0.15) is 0 Å². The first-order valence-corrected chi connectivity index (χ1v) is 12.3. The van der Waals surface area contributed by atoms with Crippen LogP contribution in [0, 0.1) is 0 Å². The molecule has 0 radical (unpaired) electrons. The molecule has 1 N–H and O–H groups in total. The number of methoxy groups -OCH3 is 3. The molecule has 9 heteroatoms. The Morgan fingerprint density at radius 2 is 1.67 bits per heavy atom. The molecular formula is C27H33ClN2O6. The zero-order valence-electron chi connectivity index (χ0n) is 21.3. The number of aliphatic hydroxyl groups is 1. The fourth-order valence-electron chi connectivity index (χ4n) is 4.46. The Balaban J connectivity index is 2.15. The van der Waals surface area contributed by atoms with Crippen LogP contribution in [0.4, 0.5) is 0 Å². The van der Waals surface area contributed by atoms with E-state index in [2.05, 4.69) is 18.7 Å². The Bertz CT molecular complexity index is 1150. The summed E-state index contributed by atoms with van der Waals surface area (Å²) in [5.74, 6) is -0.333. The van der Waals surface area contributed by atoms with Crippen LogP contribution in [-0.2, 0) is 9.59 Å². The highest BCUT2D eigenvalue weighted by molar-refractivity contribution is 6.46. The summed E-state index contributed by atoms with van der Waals surface area (Å²) < 4.78 is 16.2. The Morgan fingerprint density at radius 3 is 2.25 bits per heavy atom. The van der Waals surface area contributed by atoms with Gasteiger partial charge in [0.15, 0.2) is 0 Å². The third-order valence-corrected chi connectivity index (χ3v) is 6.76. The average molecular weight is 517 g/mol. The molecule has 0 aromatic heterocycles. The lowest BCUT2D eigenvalue weighted by atomic mass is 9.94. The quantitative estimate of drug-likeness (QED) is 0.267. The molecule has 1 amide bonds. The molecule has 1 aliphatic heterocycles. The average Bonchev–Trinajstić information content (AvgIpc) is 3.15. The van der Waals surface area contributed by atoms with E-state index in [4.69, 9.17) is 25.8 Å². The minimum Gasteiger partial charge on any atom is -0.507 e. The highest BCUT2D eigenvalue weighted by Crippen LogP contribution is 2.44. The van der Waals surface area contributed by atoms with Crippen molar-refractivity contribution in [3.8, 4) is 17.2 Å². The summed E-state index contributed by atoms with van der Waals surface area (Å²) >= 11 is 6.28. The van der Waals surface area contributed by atoms with Gasteiger partial charge in [0.2, 0.25) is 0 Å². The Hall–Kier alpha value is -3.23. The van der Waals surface area contributed by atoms with Crippen molar-refractivity contribution in [3.05, 3.63) is 58.1 Å². The maximum absolute atomic E-state index is 13.3. The molecule has 36 heavy (non-hydrogen) atoms. The number of amides is 1.